The summed E-state index contributed by atoms with van der Waals surface area (Å²) in [6, 6.07) is 1.53. The third kappa shape index (κ3) is 7.09. The molecule has 4 heteroatoms. The fourth-order valence-electron chi connectivity index (χ4n) is 4.42. The number of halogens is 1. The molecule has 0 amide bonds. The van der Waals surface area contributed by atoms with E-state index < -0.39 is 5.83 Å². The molecule has 2 rings (SSSR count). The van der Waals surface area contributed by atoms with Crippen LogP contribution in [0.5, 0.6) is 0 Å². The summed E-state index contributed by atoms with van der Waals surface area (Å²) < 4.78 is 18.8. The molecule has 3 nitrogen and oxygen atoms in total. The lowest BCUT2D eigenvalue weighted by Gasteiger charge is -2.31. The Bertz CT molecular complexity index is 495. The van der Waals surface area contributed by atoms with Crippen molar-refractivity contribution in [2.75, 3.05) is 0 Å². The molecule has 0 aromatic heterocycles. The summed E-state index contributed by atoms with van der Waals surface area (Å²) in [4.78, 5) is 12.4. The van der Waals surface area contributed by atoms with E-state index >= 15 is 0 Å². The van der Waals surface area contributed by atoms with Gasteiger partial charge in [-0.15, -0.1) is 0 Å². The SMILES string of the molecule is CCCCCCC1CCC(OC(=O)C2CCC(C=C(F)C#N)CC2)CC1. The third-order valence-electron chi connectivity index (χ3n) is 6.14. The molecular weight excluding hydrogens is 329 g/mol. The van der Waals surface area contributed by atoms with E-state index in [0.29, 0.717) is 0 Å². The standard InChI is InChI=1S/C22H34FNO2/c1-2-3-4-5-6-17-9-13-21(14-10-17)26-22(25)19-11-7-18(8-12-19)15-20(23)16-24/h15,17-19,21H,2-14H2,1H3. The number of nitrogens with zero attached hydrogens (tertiary/aromatic N) is 1. The minimum absolute atomic E-state index is 0.0448. The highest BCUT2D eigenvalue weighted by molar-refractivity contribution is 5.72. The van der Waals surface area contributed by atoms with Gasteiger partial charge in [0.05, 0.1) is 5.92 Å². The predicted molar refractivity (Wildman–Crippen MR) is 101 cm³/mol. The van der Waals surface area contributed by atoms with Gasteiger partial charge in [-0.05, 0) is 69.3 Å². The molecule has 0 aromatic carbocycles. The highest BCUT2D eigenvalue weighted by Gasteiger charge is 2.30. The van der Waals surface area contributed by atoms with Gasteiger partial charge in [-0.1, -0.05) is 39.0 Å². The molecule has 2 aliphatic carbocycles. The second-order valence-corrected chi connectivity index (χ2v) is 8.17. The Morgan fingerprint density at radius 3 is 2.38 bits per heavy atom. The molecule has 0 saturated heterocycles. The fourth-order valence-corrected chi connectivity index (χ4v) is 4.42. The van der Waals surface area contributed by atoms with E-state index in [9.17, 15) is 9.18 Å². The maximum atomic E-state index is 13.0. The van der Waals surface area contributed by atoms with Crippen molar-refractivity contribution in [1.82, 2.24) is 0 Å². The molecule has 26 heavy (non-hydrogen) atoms. The lowest BCUT2D eigenvalue weighted by atomic mass is 9.81. The second kappa shape index (κ2) is 11.4. The summed E-state index contributed by atoms with van der Waals surface area (Å²) >= 11 is 0. The number of hydrogen-bond donors (Lipinski definition) is 0. The van der Waals surface area contributed by atoms with Gasteiger partial charge in [-0.2, -0.15) is 9.65 Å². The number of allylic oxidation sites excluding steroid dienone is 2. The van der Waals surface area contributed by atoms with Crippen LogP contribution in [0, 0.1) is 29.1 Å². The first-order valence-corrected chi connectivity index (χ1v) is 10.6. The van der Waals surface area contributed by atoms with Gasteiger partial charge < -0.3 is 4.74 Å². The Labute approximate surface area is 158 Å². The number of rotatable bonds is 8. The molecular formula is C22H34FNO2. The molecule has 0 aromatic rings. The zero-order chi connectivity index (χ0) is 18.8. The van der Waals surface area contributed by atoms with E-state index in [1.807, 2.05) is 0 Å². The van der Waals surface area contributed by atoms with Crippen LogP contribution in [-0.4, -0.2) is 12.1 Å². The number of carbonyl (C=O) groups excluding carboxylic acids is 1. The van der Waals surface area contributed by atoms with Crippen LogP contribution in [0.4, 0.5) is 4.39 Å². The van der Waals surface area contributed by atoms with Gasteiger partial charge in [0.15, 0.2) is 5.83 Å². The monoisotopic (exact) mass is 363 g/mol. The Balaban J connectivity index is 1.63. The minimum atomic E-state index is -0.706. The van der Waals surface area contributed by atoms with Gasteiger partial charge in [0.2, 0.25) is 0 Å². The minimum Gasteiger partial charge on any atom is -0.462 e. The fraction of sp³-hybridized carbons (Fsp3) is 0.818. The number of unbranched alkanes of at least 4 members (excludes halogenated alkanes) is 3. The van der Waals surface area contributed by atoms with Crippen molar-refractivity contribution < 1.29 is 13.9 Å². The maximum absolute atomic E-state index is 13.0. The number of hydrogen-bond acceptors (Lipinski definition) is 3. The highest BCUT2D eigenvalue weighted by atomic mass is 19.1. The van der Waals surface area contributed by atoms with E-state index in [2.05, 4.69) is 6.92 Å². The van der Waals surface area contributed by atoms with Crippen LogP contribution in [0.15, 0.2) is 11.9 Å². The molecule has 0 unspecified atom stereocenters. The molecule has 2 aliphatic rings. The predicted octanol–water partition coefficient (Wildman–Crippen LogP) is 6.24. The van der Waals surface area contributed by atoms with Crippen LogP contribution in [0.1, 0.15) is 90.4 Å². The van der Waals surface area contributed by atoms with Gasteiger partial charge >= 0.3 is 5.97 Å². The maximum Gasteiger partial charge on any atom is 0.309 e. The summed E-state index contributed by atoms with van der Waals surface area (Å²) in [5, 5.41) is 8.51. The summed E-state index contributed by atoms with van der Waals surface area (Å²) in [7, 11) is 0. The zero-order valence-electron chi connectivity index (χ0n) is 16.2. The van der Waals surface area contributed by atoms with Gasteiger partial charge in [0.1, 0.15) is 12.2 Å². The topological polar surface area (TPSA) is 50.1 Å². The molecule has 0 aliphatic heterocycles. The van der Waals surface area contributed by atoms with Crippen molar-refractivity contribution >= 4 is 5.97 Å². The van der Waals surface area contributed by atoms with E-state index in [-0.39, 0.29) is 23.9 Å². The van der Waals surface area contributed by atoms with Crippen molar-refractivity contribution in [3.63, 3.8) is 0 Å². The molecule has 2 saturated carbocycles. The largest absolute Gasteiger partial charge is 0.462 e. The van der Waals surface area contributed by atoms with Crippen LogP contribution in [0.25, 0.3) is 0 Å². The smallest absolute Gasteiger partial charge is 0.309 e. The van der Waals surface area contributed by atoms with E-state index in [0.717, 1.165) is 44.4 Å². The third-order valence-corrected chi connectivity index (χ3v) is 6.14. The van der Waals surface area contributed by atoms with Crippen LogP contribution in [-0.2, 0) is 9.53 Å². The summed E-state index contributed by atoms with van der Waals surface area (Å²) in [6.45, 7) is 2.24. The molecule has 0 heterocycles. The normalized spacial score (nSPS) is 29.8. The number of carbonyl (C=O) groups is 1. The first-order valence-electron chi connectivity index (χ1n) is 10.6. The second-order valence-electron chi connectivity index (χ2n) is 8.17. The van der Waals surface area contributed by atoms with Gasteiger partial charge in [0, 0.05) is 0 Å². The van der Waals surface area contributed by atoms with Gasteiger partial charge in [-0.25, -0.2) is 0 Å². The molecule has 0 spiro atoms. The Hall–Kier alpha value is -1.37. The van der Waals surface area contributed by atoms with Gasteiger partial charge in [-0.3, -0.25) is 4.79 Å². The molecule has 0 atom stereocenters. The Morgan fingerprint density at radius 2 is 1.77 bits per heavy atom. The van der Waals surface area contributed by atoms with Crippen LogP contribution in [0.2, 0.25) is 0 Å². The first kappa shape index (κ1) is 20.9. The zero-order valence-corrected chi connectivity index (χ0v) is 16.2. The molecule has 0 radical (unpaired) electrons. The lowest BCUT2D eigenvalue weighted by molar-refractivity contribution is -0.157. The number of esters is 1. The summed E-state index contributed by atoms with van der Waals surface area (Å²) in [6.07, 6.45) is 15.6. The van der Waals surface area contributed by atoms with Crippen LogP contribution in [0.3, 0.4) is 0 Å². The number of ether oxygens (including phenoxy) is 1. The van der Waals surface area contributed by atoms with Crippen LogP contribution >= 0.6 is 0 Å². The van der Waals surface area contributed by atoms with Crippen molar-refractivity contribution in [2.45, 2.75) is 96.5 Å². The van der Waals surface area contributed by atoms with E-state index in [1.165, 1.54) is 57.1 Å². The highest BCUT2D eigenvalue weighted by Crippen LogP contribution is 2.34. The molecule has 0 N–H and O–H groups in total. The van der Waals surface area contributed by atoms with Crippen molar-refractivity contribution in [1.29, 1.82) is 5.26 Å². The van der Waals surface area contributed by atoms with Gasteiger partial charge in [0.25, 0.3) is 0 Å². The lowest BCUT2D eigenvalue weighted by Crippen LogP contribution is -2.30. The van der Waals surface area contributed by atoms with E-state index in [4.69, 9.17) is 10.00 Å². The molecule has 2 fully saturated rings. The van der Waals surface area contributed by atoms with Crippen molar-refractivity contribution in [3.05, 3.63) is 11.9 Å². The average molecular weight is 364 g/mol. The van der Waals surface area contributed by atoms with Crippen molar-refractivity contribution in [3.8, 4) is 6.07 Å². The Morgan fingerprint density at radius 1 is 1.08 bits per heavy atom. The summed E-state index contributed by atoms with van der Waals surface area (Å²) in [5.74, 6) is 0.0968. The van der Waals surface area contributed by atoms with Crippen LogP contribution < -0.4 is 0 Å². The average Bonchev–Trinajstić information content (AvgIpc) is 2.67. The Kier molecular flexibility index (Phi) is 9.15. The number of nitriles is 1. The summed E-state index contributed by atoms with van der Waals surface area (Å²) in [5.41, 5.74) is 0. The molecule has 146 valence electrons. The van der Waals surface area contributed by atoms with E-state index in [1.54, 1.807) is 0 Å². The first-order chi connectivity index (χ1) is 12.6. The quantitative estimate of drug-likeness (QED) is 0.291. The van der Waals surface area contributed by atoms with Crippen molar-refractivity contribution in [2.24, 2.45) is 17.8 Å². The molecule has 0 bridgehead atoms.